The first-order chi connectivity index (χ1) is 6.67. The first kappa shape index (κ1) is 14.0. The normalized spacial score (nSPS) is 12.9. The Morgan fingerprint density at radius 2 is 1.80 bits per heavy atom. The zero-order chi connectivity index (χ0) is 12.2. The van der Waals surface area contributed by atoms with Crippen molar-refractivity contribution in [2.24, 2.45) is 0 Å². The van der Waals surface area contributed by atoms with Crippen molar-refractivity contribution in [3.05, 3.63) is 11.1 Å². The zero-order valence-corrected chi connectivity index (χ0v) is 9.92. The molecule has 0 aromatic rings. The van der Waals surface area contributed by atoms with E-state index in [9.17, 15) is 17.2 Å². The van der Waals surface area contributed by atoms with E-state index in [-0.39, 0.29) is 0 Å². The molecule has 0 aliphatic heterocycles. The van der Waals surface area contributed by atoms with Crippen LogP contribution in [0.3, 0.4) is 0 Å². The quantitative estimate of drug-likeness (QED) is 0.527. The average Bonchev–Trinajstić information content (AvgIpc) is 2.00. The Morgan fingerprint density at radius 1 is 1.33 bits per heavy atom. The highest BCUT2D eigenvalue weighted by Gasteiger charge is 2.30. The van der Waals surface area contributed by atoms with E-state index >= 15 is 0 Å². The number of nitrogens with zero attached hydrogens (tertiary/aromatic N) is 2. The predicted molar refractivity (Wildman–Crippen MR) is 54.9 cm³/mol. The Morgan fingerprint density at radius 3 is 2.07 bits per heavy atom. The number of rotatable bonds is 4. The highest BCUT2D eigenvalue weighted by Crippen LogP contribution is 2.14. The van der Waals surface area contributed by atoms with Gasteiger partial charge in [-0.25, -0.2) is 13.0 Å². The van der Waals surface area contributed by atoms with Crippen LogP contribution in [0.2, 0.25) is 0 Å². The number of hydrogen-bond donors (Lipinski definition) is 0. The zero-order valence-electron chi connectivity index (χ0n) is 9.11. The standard InChI is InChI=1S/C8H15F2N2O2S/c1-11(2)5-7(6-12(3)4)15(13,14)8(9)10/h5-6,8H,1-4H3/q+1. The van der Waals surface area contributed by atoms with Gasteiger partial charge in [-0.15, -0.1) is 0 Å². The molecule has 0 saturated carbocycles. The van der Waals surface area contributed by atoms with Crippen LogP contribution >= 0.6 is 0 Å². The van der Waals surface area contributed by atoms with E-state index < -0.39 is 20.5 Å². The lowest BCUT2D eigenvalue weighted by molar-refractivity contribution is -0.458. The molecule has 0 amide bonds. The van der Waals surface area contributed by atoms with E-state index in [0.717, 1.165) is 12.4 Å². The Bertz CT molecular complexity index is 368. The van der Waals surface area contributed by atoms with Gasteiger partial charge in [-0.3, -0.25) is 0 Å². The third kappa shape index (κ3) is 4.37. The first-order valence-corrected chi connectivity index (χ1v) is 5.64. The van der Waals surface area contributed by atoms with Crippen LogP contribution in [0.5, 0.6) is 0 Å². The molecule has 0 saturated heterocycles. The van der Waals surface area contributed by atoms with Crippen molar-refractivity contribution in [1.29, 1.82) is 0 Å². The van der Waals surface area contributed by atoms with E-state index in [1.165, 1.54) is 9.48 Å². The van der Waals surface area contributed by atoms with Crippen molar-refractivity contribution in [1.82, 2.24) is 4.90 Å². The molecule has 0 aliphatic carbocycles. The van der Waals surface area contributed by atoms with Crippen LogP contribution in [0.1, 0.15) is 0 Å². The van der Waals surface area contributed by atoms with E-state index in [4.69, 9.17) is 0 Å². The lowest BCUT2D eigenvalue weighted by Gasteiger charge is -2.07. The number of hydrogen-bond acceptors (Lipinski definition) is 3. The summed E-state index contributed by atoms with van der Waals surface area (Å²) in [6, 6.07) is 0. The second kappa shape index (κ2) is 5.20. The smallest absolute Gasteiger partial charge is 0.341 e. The number of alkyl halides is 2. The third-order valence-electron chi connectivity index (χ3n) is 1.33. The summed E-state index contributed by atoms with van der Waals surface area (Å²) in [6.45, 7) is 0. The van der Waals surface area contributed by atoms with E-state index in [1.807, 2.05) is 0 Å². The van der Waals surface area contributed by atoms with Gasteiger partial charge >= 0.3 is 5.76 Å². The van der Waals surface area contributed by atoms with Gasteiger partial charge in [-0.2, -0.15) is 8.78 Å². The number of sulfone groups is 1. The molecule has 0 radical (unpaired) electrons. The van der Waals surface area contributed by atoms with Crippen LogP contribution in [-0.2, 0) is 9.84 Å². The van der Waals surface area contributed by atoms with Gasteiger partial charge in [0.2, 0.25) is 9.84 Å². The van der Waals surface area contributed by atoms with Crippen molar-refractivity contribution in [3.63, 3.8) is 0 Å². The summed E-state index contributed by atoms with van der Waals surface area (Å²) >= 11 is 0. The Kier molecular flexibility index (Phi) is 4.86. The molecule has 0 N–H and O–H groups in total. The van der Waals surface area contributed by atoms with Crippen molar-refractivity contribution in [3.8, 4) is 0 Å². The van der Waals surface area contributed by atoms with Crippen LogP contribution < -0.4 is 0 Å². The Labute approximate surface area is 88.4 Å². The Balaban J connectivity index is 5.43. The maximum Gasteiger partial charge on any atom is 0.341 e. The SMILES string of the molecule is CN(C)/C=C(/C=[N+](C)C)S(=O)(=O)C(F)F. The molecule has 0 aliphatic rings. The van der Waals surface area contributed by atoms with E-state index in [1.54, 1.807) is 28.2 Å². The largest absolute Gasteiger partial charge is 0.382 e. The predicted octanol–water partition coefficient (Wildman–Crippen LogP) is 0.370. The number of halogens is 2. The summed E-state index contributed by atoms with van der Waals surface area (Å²) in [5.74, 6) is -3.40. The van der Waals surface area contributed by atoms with Crippen molar-refractivity contribution in [2.75, 3.05) is 28.2 Å². The summed E-state index contributed by atoms with van der Waals surface area (Å²) in [5, 5.41) is 0. The molecule has 0 bridgehead atoms. The van der Waals surface area contributed by atoms with Crippen LogP contribution in [0.4, 0.5) is 8.78 Å². The molecule has 0 rings (SSSR count). The lowest BCUT2D eigenvalue weighted by atomic mass is 10.6. The van der Waals surface area contributed by atoms with Crippen LogP contribution in [-0.4, -0.2) is 58.1 Å². The molecule has 7 heteroatoms. The maximum atomic E-state index is 12.3. The van der Waals surface area contributed by atoms with E-state index in [2.05, 4.69) is 0 Å². The maximum absolute atomic E-state index is 12.3. The summed E-state index contributed by atoms with van der Waals surface area (Å²) in [5.41, 5.74) is 0. The Hall–Kier alpha value is -0.980. The van der Waals surface area contributed by atoms with Crippen molar-refractivity contribution >= 4 is 16.1 Å². The van der Waals surface area contributed by atoms with Crippen LogP contribution in [0, 0.1) is 0 Å². The highest BCUT2D eigenvalue weighted by atomic mass is 32.2. The summed E-state index contributed by atoms with van der Waals surface area (Å²) in [7, 11) is 1.70. The fourth-order valence-corrected chi connectivity index (χ4v) is 1.71. The topological polar surface area (TPSA) is 40.4 Å². The fraction of sp³-hybridized carbons (Fsp3) is 0.625. The molecule has 0 unspecified atom stereocenters. The molecule has 15 heavy (non-hydrogen) atoms. The van der Waals surface area contributed by atoms with Gasteiger partial charge in [0.25, 0.3) is 0 Å². The molecule has 0 spiro atoms. The van der Waals surface area contributed by atoms with Gasteiger partial charge in [0.15, 0.2) is 11.1 Å². The second-order valence-corrected chi connectivity index (χ2v) is 5.31. The van der Waals surface area contributed by atoms with Crippen LogP contribution in [0.25, 0.3) is 0 Å². The summed E-state index contributed by atoms with van der Waals surface area (Å²) < 4.78 is 48.4. The van der Waals surface area contributed by atoms with Gasteiger partial charge in [-0.1, -0.05) is 0 Å². The van der Waals surface area contributed by atoms with Gasteiger partial charge in [-0.05, 0) is 0 Å². The van der Waals surface area contributed by atoms with Gasteiger partial charge in [0.1, 0.15) is 14.1 Å². The second-order valence-electron chi connectivity index (χ2n) is 3.39. The van der Waals surface area contributed by atoms with Gasteiger partial charge in [0.05, 0.1) is 0 Å². The average molecular weight is 241 g/mol. The molecular formula is C8H15F2N2O2S+. The van der Waals surface area contributed by atoms with Crippen molar-refractivity contribution < 1.29 is 21.8 Å². The molecule has 0 aromatic carbocycles. The molecule has 0 fully saturated rings. The highest BCUT2D eigenvalue weighted by molar-refractivity contribution is 7.96. The van der Waals surface area contributed by atoms with E-state index in [0.29, 0.717) is 0 Å². The third-order valence-corrected chi connectivity index (χ3v) is 2.67. The molecule has 0 heterocycles. The molecule has 0 atom stereocenters. The van der Waals surface area contributed by atoms with Crippen molar-refractivity contribution in [2.45, 2.75) is 5.76 Å². The summed E-state index contributed by atoms with van der Waals surface area (Å²) in [4.78, 5) is 0.988. The van der Waals surface area contributed by atoms with Gasteiger partial charge in [0, 0.05) is 20.3 Å². The molecule has 4 nitrogen and oxygen atoms in total. The monoisotopic (exact) mass is 241 g/mol. The number of allylic oxidation sites excluding steroid dienone is 1. The van der Waals surface area contributed by atoms with Gasteiger partial charge < -0.3 is 4.90 Å². The first-order valence-electron chi connectivity index (χ1n) is 4.09. The van der Waals surface area contributed by atoms with Crippen LogP contribution in [0.15, 0.2) is 11.1 Å². The minimum absolute atomic E-state index is 0.410. The minimum atomic E-state index is -4.54. The summed E-state index contributed by atoms with van der Waals surface area (Å²) in [6.07, 6.45) is 2.28. The fourth-order valence-electron chi connectivity index (χ4n) is 0.792. The molecule has 0 aromatic heterocycles. The minimum Gasteiger partial charge on any atom is -0.382 e. The molecular weight excluding hydrogens is 226 g/mol. The molecule has 88 valence electrons. The lowest BCUT2D eigenvalue weighted by Crippen LogP contribution is -2.20.